The standard InChI is InChI=1S/C21H27NO3/c23-21(20-12-15-4-5-18(20)11-15)22-13-16-2-1-3-17(10-16)14-25-19-6-8-24-9-7-19/h1-5,10,15,18-20H,6-9,11-14H2,(H,22,23). The van der Waals surface area contributed by atoms with Crippen molar-refractivity contribution in [1.82, 2.24) is 5.32 Å². The van der Waals surface area contributed by atoms with Gasteiger partial charge >= 0.3 is 0 Å². The summed E-state index contributed by atoms with van der Waals surface area (Å²) in [6, 6.07) is 8.34. The van der Waals surface area contributed by atoms with E-state index < -0.39 is 0 Å². The Balaban J connectivity index is 1.26. The van der Waals surface area contributed by atoms with E-state index in [0.717, 1.165) is 44.5 Å². The first-order valence-electron chi connectivity index (χ1n) is 9.51. The van der Waals surface area contributed by atoms with Gasteiger partial charge in [-0.1, -0.05) is 36.4 Å². The zero-order valence-corrected chi connectivity index (χ0v) is 14.7. The first-order chi connectivity index (χ1) is 12.3. The Morgan fingerprint density at radius 3 is 2.76 bits per heavy atom. The van der Waals surface area contributed by atoms with Crippen molar-refractivity contribution in [3.05, 3.63) is 47.5 Å². The van der Waals surface area contributed by atoms with Gasteiger partial charge in [-0.25, -0.2) is 0 Å². The lowest BCUT2D eigenvalue weighted by Gasteiger charge is -2.22. The number of carbonyl (C=O) groups excluding carboxylic acids is 1. The van der Waals surface area contributed by atoms with Crippen LogP contribution in [-0.2, 0) is 27.4 Å². The molecule has 25 heavy (non-hydrogen) atoms. The van der Waals surface area contributed by atoms with Crippen LogP contribution in [0.2, 0.25) is 0 Å². The lowest BCUT2D eigenvalue weighted by Crippen LogP contribution is -2.32. The second kappa shape index (κ2) is 7.71. The van der Waals surface area contributed by atoms with E-state index in [2.05, 4.69) is 35.7 Å². The zero-order valence-electron chi connectivity index (χ0n) is 14.7. The van der Waals surface area contributed by atoms with Crippen LogP contribution < -0.4 is 5.32 Å². The molecule has 1 heterocycles. The van der Waals surface area contributed by atoms with Gasteiger partial charge in [0, 0.05) is 25.7 Å². The number of fused-ring (bicyclic) bond motifs is 2. The summed E-state index contributed by atoms with van der Waals surface area (Å²) in [6.45, 7) is 2.83. The Hall–Kier alpha value is -1.65. The van der Waals surface area contributed by atoms with E-state index in [1.807, 2.05) is 6.07 Å². The minimum atomic E-state index is 0.176. The summed E-state index contributed by atoms with van der Waals surface area (Å²) >= 11 is 0. The molecular weight excluding hydrogens is 314 g/mol. The normalized spacial score (nSPS) is 28.4. The molecule has 4 heteroatoms. The van der Waals surface area contributed by atoms with Gasteiger partial charge in [0.05, 0.1) is 12.7 Å². The highest BCUT2D eigenvalue weighted by molar-refractivity contribution is 5.80. The molecule has 1 saturated carbocycles. The minimum Gasteiger partial charge on any atom is -0.381 e. The number of hydrogen-bond donors (Lipinski definition) is 1. The van der Waals surface area contributed by atoms with Gasteiger partial charge in [-0.2, -0.15) is 0 Å². The molecule has 3 aliphatic rings. The summed E-state index contributed by atoms with van der Waals surface area (Å²) in [5, 5.41) is 3.13. The van der Waals surface area contributed by atoms with Gasteiger partial charge in [0.2, 0.25) is 5.91 Å². The largest absolute Gasteiger partial charge is 0.381 e. The molecular formula is C21H27NO3. The predicted molar refractivity (Wildman–Crippen MR) is 95.8 cm³/mol. The maximum absolute atomic E-state index is 12.4. The first kappa shape index (κ1) is 16.8. The summed E-state index contributed by atoms with van der Waals surface area (Å²) in [7, 11) is 0. The maximum atomic E-state index is 12.4. The van der Waals surface area contributed by atoms with Gasteiger partial charge < -0.3 is 14.8 Å². The lowest BCUT2D eigenvalue weighted by atomic mass is 9.93. The van der Waals surface area contributed by atoms with Crippen molar-refractivity contribution in [2.24, 2.45) is 17.8 Å². The van der Waals surface area contributed by atoms with Gasteiger partial charge in [-0.05, 0) is 48.6 Å². The quantitative estimate of drug-likeness (QED) is 0.808. The highest BCUT2D eigenvalue weighted by atomic mass is 16.5. The van der Waals surface area contributed by atoms with Crippen molar-refractivity contribution in [2.45, 2.75) is 44.9 Å². The summed E-state index contributed by atoms with van der Waals surface area (Å²) in [4.78, 5) is 12.4. The number of benzene rings is 1. The Labute approximate surface area is 149 Å². The van der Waals surface area contributed by atoms with Crippen LogP contribution in [0.25, 0.3) is 0 Å². The fraction of sp³-hybridized carbons (Fsp3) is 0.571. The molecule has 0 spiro atoms. The third kappa shape index (κ3) is 4.13. The number of carbonyl (C=O) groups is 1. The molecule has 1 aliphatic heterocycles. The van der Waals surface area contributed by atoms with Crippen molar-refractivity contribution in [1.29, 1.82) is 0 Å². The fourth-order valence-corrected chi connectivity index (χ4v) is 4.29. The first-order valence-corrected chi connectivity index (χ1v) is 9.51. The van der Waals surface area contributed by atoms with E-state index in [0.29, 0.717) is 31.1 Å². The van der Waals surface area contributed by atoms with Crippen LogP contribution in [-0.4, -0.2) is 25.2 Å². The van der Waals surface area contributed by atoms with E-state index >= 15 is 0 Å². The second-order valence-corrected chi connectivity index (χ2v) is 7.55. The smallest absolute Gasteiger partial charge is 0.223 e. The third-order valence-corrected chi connectivity index (χ3v) is 5.73. The number of allylic oxidation sites excluding steroid dienone is 2. The van der Waals surface area contributed by atoms with Gasteiger partial charge in [0.25, 0.3) is 0 Å². The molecule has 1 aromatic carbocycles. The van der Waals surface area contributed by atoms with Crippen LogP contribution in [0.5, 0.6) is 0 Å². The average molecular weight is 341 g/mol. The molecule has 0 aromatic heterocycles. The number of nitrogens with one attached hydrogen (secondary N) is 1. The minimum absolute atomic E-state index is 0.176. The highest BCUT2D eigenvalue weighted by Crippen LogP contribution is 2.43. The van der Waals surface area contributed by atoms with Gasteiger partial charge in [-0.3, -0.25) is 4.79 Å². The van der Waals surface area contributed by atoms with Crippen molar-refractivity contribution in [2.75, 3.05) is 13.2 Å². The molecule has 2 bridgehead atoms. The Morgan fingerprint density at radius 2 is 2.00 bits per heavy atom. The Morgan fingerprint density at radius 1 is 1.16 bits per heavy atom. The summed E-state index contributed by atoms with van der Waals surface area (Å²) in [6.07, 6.45) is 8.95. The predicted octanol–water partition coefficient (Wildman–Crippen LogP) is 3.21. The zero-order chi connectivity index (χ0) is 17.1. The molecule has 1 saturated heterocycles. The summed E-state index contributed by atoms with van der Waals surface area (Å²) in [5.74, 6) is 1.48. The van der Waals surface area contributed by atoms with Crippen LogP contribution in [0, 0.1) is 17.8 Å². The molecule has 3 atom stereocenters. The molecule has 2 fully saturated rings. The molecule has 1 N–H and O–H groups in total. The molecule has 0 radical (unpaired) electrons. The van der Waals surface area contributed by atoms with E-state index in [9.17, 15) is 4.79 Å². The third-order valence-electron chi connectivity index (χ3n) is 5.73. The Bertz CT molecular complexity index is 636. The van der Waals surface area contributed by atoms with Crippen molar-refractivity contribution >= 4 is 5.91 Å². The molecule has 134 valence electrons. The second-order valence-electron chi connectivity index (χ2n) is 7.55. The van der Waals surface area contributed by atoms with Gasteiger partial charge in [0.1, 0.15) is 0 Å². The SMILES string of the molecule is O=C(NCc1cccc(COC2CCOCC2)c1)C1CC2C=CC1C2. The number of amides is 1. The topological polar surface area (TPSA) is 47.6 Å². The van der Waals surface area contributed by atoms with Crippen molar-refractivity contribution in [3.8, 4) is 0 Å². The van der Waals surface area contributed by atoms with E-state index in [-0.39, 0.29) is 11.8 Å². The van der Waals surface area contributed by atoms with Crippen LogP contribution >= 0.6 is 0 Å². The molecule has 4 nitrogen and oxygen atoms in total. The van der Waals surface area contributed by atoms with Crippen molar-refractivity contribution in [3.63, 3.8) is 0 Å². The molecule has 2 aliphatic carbocycles. The van der Waals surface area contributed by atoms with E-state index in [4.69, 9.17) is 9.47 Å². The summed E-state index contributed by atoms with van der Waals surface area (Å²) < 4.78 is 11.4. The van der Waals surface area contributed by atoms with Gasteiger partial charge in [0.15, 0.2) is 0 Å². The number of hydrogen-bond acceptors (Lipinski definition) is 3. The fourth-order valence-electron chi connectivity index (χ4n) is 4.29. The van der Waals surface area contributed by atoms with Gasteiger partial charge in [-0.15, -0.1) is 0 Å². The number of ether oxygens (including phenoxy) is 2. The average Bonchev–Trinajstić information content (AvgIpc) is 3.29. The molecule has 1 amide bonds. The molecule has 4 rings (SSSR count). The van der Waals surface area contributed by atoms with E-state index in [1.165, 1.54) is 5.56 Å². The maximum Gasteiger partial charge on any atom is 0.223 e. The van der Waals surface area contributed by atoms with Crippen LogP contribution in [0.15, 0.2) is 36.4 Å². The van der Waals surface area contributed by atoms with E-state index in [1.54, 1.807) is 0 Å². The lowest BCUT2D eigenvalue weighted by molar-refractivity contribution is -0.125. The highest BCUT2D eigenvalue weighted by Gasteiger charge is 2.39. The van der Waals surface area contributed by atoms with Crippen molar-refractivity contribution < 1.29 is 14.3 Å². The molecule has 3 unspecified atom stereocenters. The number of rotatable bonds is 6. The van der Waals surface area contributed by atoms with Crippen LogP contribution in [0.1, 0.15) is 36.8 Å². The molecule has 1 aromatic rings. The van der Waals surface area contributed by atoms with Crippen LogP contribution in [0.4, 0.5) is 0 Å². The van der Waals surface area contributed by atoms with Crippen LogP contribution in [0.3, 0.4) is 0 Å². The monoisotopic (exact) mass is 341 g/mol. The Kier molecular flexibility index (Phi) is 5.18. The summed E-state index contributed by atoms with van der Waals surface area (Å²) in [5.41, 5.74) is 2.31.